The first-order chi connectivity index (χ1) is 19.3. The molecule has 1 saturated heterocycles. The largest absolute Gasteiger partial charge is 0.448 e. The van der Waals surface area contributed by atoms with Gasteiger partial charge in [-0.15, -0.1) is 11.8 Å². The van der Waals surface area contributed by atoms with Gasteiger partial charge in [0.2, 0.25) is 5.91 Å². The van der Waals surface area contributed by atoms with Gasteiger partial charge >= 0.3 is 0 Å². The van der Waals surface area contributed by atoms with Gasteiger partial charge in [0.05, 0.1) is 18.1 Å². The van der Waals surface area contributed by atoms with Gasteiger partial charge in [0, 0.05) is 52.6 Å². The fourth-order valence-corrected chi connectivity index (χ4v) is 6.71. The van der Waals surface area contributed by atoms with Crippen LogP contribution in [0.4, 0.5) is 8.78 Å². The third kappa shape index (κ3) is 5.91. The molecule has 2 aromatic rings. The van der Waals surface area contributed by atoms with Gasteiger partial charge in [-0.1, -0.05) is 11.6 Å². The SMILES string of the molecule is CSc1cc(C)[nH]c(=O)c1CNC(=O)c1cc(Cl)c2c(c1C)O[C@](C)([C@H]1CC[C@H](C(=O)NN3CC(F)(F)C3)CC1)O2. The van der Waals surface area contributed by atoms with E-state index in [0.717, 1.165) is 10.6 Å². The topological polar surface area (TPSA) is 113 Å². The van der Waals surface area contributed by atoms with E-state index in [1.807, 2.05) is 19.2 Å². The van der Waals surface area contributed by atoms with Crippen LogP contribution in [0.3, 0.4) is 0 Å². The highest BCUT2D eigenvalue weighted by Crippen LogP contribution is 2.52. The molecule has 0 bridgehead atoms. The van der Waals surface area contributed by atoms with Crippen molar-refractivity contribution in [3.63, 3.8) is 0 Å². The molecule has 1 aromatic carbocycles. The van der Waals surface area contributed by atoms with E-state index >= 15 is 0 Å². The highest BCUT2D eigenvalue weighted by molar-refractivity contribution is 7.98. The lowest BCUT2D eigenvalue weighted by Gasteiger charge is -2.40. The normalized spacial score (nSPS) is 25.0. The number of carbonyl (C=O) groups excluding carboxylic acids is 2. The number of hydrogen-bond donors (Lipinski definition) is 3. The van der Waals surface area contributed by atoms with Crippen LogP contribution >= 0.6 is 23.4 Å². The Bertz CT molecular complexity index is 1440. The molecule has 2 fully saturated rings. The quantitative estimate of drug-likeness (QED) is 0.394. The number of hydrazine groups is 1. The van der Waals surface area contributed by atoms with Gasteiger partial charge in [0.1, 0.15) is 0 Å². The number of pyridine rings is 1. The van der Waals surface area contributed by atoms with Gasteiger partial charge in [-0.2, -0.15) is 0 Å². The number of alkyl halides is 2. The molecule has 1 atom stereocenters. The lowest BCUT2D eigenvalue weighted by Crippen LogP contribution is -2.63. The molecular formula is C28H33ClF2N4O5S. The van der Waals surface area contributed by atoms with Crippen LogP contribution in [0.15, 0.2) is 21.8 Å². The van der Waals surface area contributed by atoms with Crippen molar-refractivity contribution in [3.05, 3.63) is 49.9 Å². The van der Waals surface area contributed by atoms with Crippen LogP contribution in [0.1, 0.15) is 59.8 Å². The zero-order valence-corrected chi connectivity index (χ0v) is 24.9. The zero-order chi connectivity index (χ0) is 29.7. The average molecular weight is 611 g/mol. The van der Waals surface area contributed by atoms with Crippen molar-refractivity contribution in [1.29, 1.82) is 0 Å². The van der Waals surface area contributed by atoms with E-state index in [4.69, 9.17) is 21.1 Å². The Hall–Kier alpha value is -2.83. The minimum Gasteiger partial charge on any atom is -0.448 e. The van der Waals surface area contributed by atoms with E-state index in [9.17, 15) is 23.2 Å². The predicted octanol–water partition coefficient (Wildman–Crippen LogP) is 4.57. The lowest BCUT2D eigenvalue weighted by molar-refractivity contribution is -0.166. The lowest BCUT2D eigenvalue weighted by atomic mass is 9.78. The minimum atomic E-state index is -2.75. The second-order valence-corrected chi connectivity index (χ2v) is 12.4. The predicted molar refractivity (Wildman–Crippen MR) is 151 cm³/mol. The van der Waals surface area contributed by atoms with Crippen LogP contribution < -0.4 is 25.8 Å². The summed E-state index contributed by atoms with van der Waals surface area (Å²) in [5.41, 5.74) is 4.43. The van der Waals surface area contributed by atoms with Gasteiger partial charge in [-0.05, 0) is 57.9 Å². The maximum atomic E-state index is 13.2. The average Bonchev–Trinajstić information content (AvgIpc) is 3.28. The molecule has 0 radical (unpaired) electrons. The third-order valence-electron chi connectivity index (χ3n) is 8.12. The number of halogens is 3. The Balaban J connectivity index is 1.23. The number of nitrogens with zero attached hydrogens (tertiary/aromatic N) is 1. The number of carbonyl (C=O) groups is 2. The number of aromatic amines is 1. The Morgan fingerprint density at radius 2 is 1.80 bits per heavy atom. The number of H-pyrrole nitrogens is 1. The van der Waals surface area contributed by atoms with E-state index in [-0.39, 0.29) is 34.9 Å². The van der Waals surface area contributed by atoms with Gasteiger partial charge in [0.25, 0.3) is 23.2 Å². The molecule has 3 N–H and O–H groups in total. The van der Waals surface area contributed by atoms with Crippen molar-refractivity contribution < 1.29 is 27.8 Å². The molecule has 3 aliphatic rings. The van der Waals surface area contributed by atoms with E-state index in [2.05, 4.69) is 15.7 Å². The molecule has 0 spiro atoms. The summed E-state index contributed by atoms with van der Waals surface area (Å²) in [4.78, 5) is 41.8. The number of hydrogen-bond acceptors (Lipinski definition) is 7. The summed E-state index contributed by atoms with van der Waals surface area (Å²) in [6, 6.07) is 3.40. The second kappa shape index (κ2) is 11.1. The monoisotopic (exact) mass is 610 g/mol. The highest BCUT2D eigenvalue weighted by Gasteiger charge is 2.49. The van der Waals surface area contributed by atoms with E-state index < -0.39 is 30.7 Å². The molecule has 9 nitrogen and oxygen atoms in total. The van der Waals surface area contributed by atoms with Gasteiger partial charge < -0.3 is 19.8 Å². The number of aryl methyl sites for hydroxylation is 1. The summed E-state index contributed by atoms with van der Waals surface area (Å²) in [5, 5.41) is 4.30. The number of fused-ring (bicyclic) bond motifs is 1. The van der Waals surface area contributed by atoms with Crippen molar-refractivity contribution >= 4 is 35.2 Å². The summed E-state index contributed by atoms with van der Waals surface area (Å²) in [6.07, 6.45) is 4.26. The van der Waals surface area contributed by atoms with Crippen LogP contribution in [0.2, 0.25) is 5.02 Å². The zero-order valence-electron chi connectivity index (χ0n) is 23.3. The standard InChI is InChI=1S/C28H33ClF2N4O5S/c1-14-9-21(41-4)19(26(38)33-14)11-32-25(37)18-10-20(29)23-22(15(18)2)39-27(3,40-23)17-7-5-16(6-8-17)24(36)34-35-12-28(30,31)13-35/h9-10,16-17H,5-8,11-13H2,1-4H3,(H,32,37)(H,33,38)(H,34,36)/t16-,17-,27-/m0/s1. The smallest absolute Gasteiger partial charge is 0.276 e. The van der Waals surface area contributed by atoms with Crippen LogP contribution in [0, 0.1) is 25.7 Å². The molecule has 3 heterocycles. The first kappa shape index (κ1) is 29.7. The molecule has 1 aromatic heterocycles. The van der Waals surface area contributed by atoms with Crippen LogP contribution in [-0.4, -0.2) is 52.9 Å². The third-order valence-corrected chi connectivity index (χ3v) is 9.21. The molecule has 41 heavy (non-hydrogen) atoms. The van der Waals surface area contributed by atoms with E-state index in [1.165, 1.54) is 22.8 Å². The van der Waals surface area contributed by atoms with Crippen molar-refractivity contribution in [2.75, 3.05) is 19.3 Å². The summed E-state index contributed by atoms with van der Waals surface area (Å²) in [6.45, 7) is 4.50. The summed E-state index contributed by atoms with van der Waals surface area (Å²) in [5.74, 6) is -4.02. The van der Waals surface area contributed by atoms with Crippen LogP contribution in [-0.2, 0) is 11.3 Å². The number of thioether (sulfide) groups is 1. The fourth-order valence-electron chi connectivity index (χ4n) is 5.77. The number of ether oxygens (including phenoxy) is 2. The van der Waals surface area contributed by atoms with Crippen molar-refractivity contribution in [2.45, 2.75) is 69.6 Å². The van der Waals surface area contributed by atoms with Crippen LogP contribution in [0.5, 0.6) is 11.5 Å². The Labute approximate surface area is 245 Å². The summed E-state index contributed by atoms with van der Waals surface area (Å²) < 4.78 is 38.8. The number of amides is 2. The first-order valence-corrected chi connectivity index (χ1v) is 15.1. The van der Waals surface area contributed by atoms with Gasteiger partial charge in [-0.3, -0.25) is 19.8 Å². The Morgan fingerprint density at radius 3 is 2.44 bits per heavy atom. The van der Waals surface area contributed by atoms with Gasteiger partial charge in [0.15, 0.2) is 11.5 Å². The van der Waals surface area contributed by atoms with E-state index in [0.29, 0.717) is 53.9 Å². The number of aromatic nitrogens is 1. The maximum Gasteiger partial charge on any atom is 0.276 e. The number of benzene rings is 1. The minimum absolute atomic E-state index is 0.0465. The molecule has 5 rings (SSSR count). The molecule has 1 aliphatic carbocycles. The number of nitrogens with one attached hydrogen (secondary N) is 3. The Morgan fingerprint density at radius 1 is 1.15 bits per heavy atom. The second-order valence-electron chi connectivity index (χ2n) is 11.2. The molecule has 13 heteroatoms. The van der Waals surface area contributed by atoms with Crippen molar-refractivity contribution in [2.24, 2.45) is 11.8 Å². The highest BCUT2D eigenvalue weighted by atomic mass is 35.5. The maximum absolute atomic E-state index is 13.2. The summed E-state index contributed by atoms with van der Waals surface area (Å²) >= 11 is 8.00. The van der Waals surface area contributed by atoms with Crippen molar-refractivity contribution in [3.8, 4) is 11.5 Å². The molecule has 2 aliphatic heterocycles. The molecule has 2 amide bonds. The van der Waals surface area contributed by atoms with E-state index in [1.54, 1.807) is 13.8 Å². The molecule has 1 saturated carbocycles. The fraction of sp³-hybridized carbons (Fsp3) is 0.536. The van der Waals surface area contributed by atoms with Crippen LogP contribution in [0.25, 0.3) is 0 Å². The van der Waals surface area contributed by atoms with Crippen molar-refractivity contribution in [1.82, 2.24) is 20.7 Å². The Kier molecular flexibility index (Phi) is 8.03. The first-order valence-electron chi connectivity index (χ1n) is 13.5. The molecule has 222 valence electrons. The molecular weight excluding hydrogens is 578 g/mol. The van der Waals surface area contributed by atoms with Gasteiger partial charge in [-0.25, -0.2) is 13.8 Å². The summed E-state index contributed by atoms with van der Waals surface area (Å²) in [7, 11) is 0. The molecule has 0 unspecified atom stereocenters. The number of rotatable bonds is 7.